The first-order valence-electron chi connectivity index (χ1n) is 8.24. The van der Waals surface area contributed by atoms with Gasteiger partial charge in [-0.15, -0.1) is 11.3 Å². The van der Waals surface area contributed by atoms with Gasteiger partial charge in [0, 0.05) is 31.1 Å². The topological polar surface area (TPSA) is 67.2 Å². The van der Waals surface area contributed by atoms with Crippen molar-refractivity contribution >= 4 is 28.8 Å². The predicted molar refractivity (Wildman–Crippen MR) is 91.5 cm³/mol. The second kappa shape index (κ2) is 6.05. The van der Waals surface area contributed by atoms with E-state index >= 15 is 0 Å². The average molecular weight is 344 g/mol. The number of thiophene rings is 1. The van der Waals surface area contributed by atoms with Crippen molar-refractivity contribution in [1.29, 1.82) is 0 Å². The minimum atomic E-state index is -0.368. The minimum absolute atomic E-state index is 0.0120. The third-order valence-corrected chi connectivity index (χ3v) is 5.74. The van der Waals surface area contributed by atoms with Gasteiger partial charge in [-0.05, 0) is 30.2 Å². The van der Waals surface area contributed by atoms with E-state index in [2.05, 4.69) is 10.4 Å². The molecule has 1 saturated carbocycles. The Labute approximate surface area is 144 Å². The van der Waals surface area contributed by atoms with Crippen LogP contribution >= 0.6 is 11.3 Å². The zero-order chi connectivity index (χ0) is 16.7. The number of anilines is 1. The molecule has 2 aromatic heterocycles. The summed E-state index contributed by atoms with van der Waals surface area (Å²) in [6, 6.07) is 3.75. The molecule has 0 unspecified atom stereocenters. The van der Waals surface area contributed by atoms with E-state index in [9.17, 15) is 9.59 Å². The smallest absolute Gasteiger partial charge is 0.230 e. The van der Waals surface area contributed by atoms with Crippen molar-refractivity contribution in [2.75, 3.05) is 12.4 Å². The van der Waals surface area contributed by atoms with E-state index in [0.717, 1.165) is 17.3 Å². The van der Waals surface area contributed by atoms with Crippen LogP contribution in [-0.2, 0) is 16.1 Å². The number of amides is 2. The van der Waals surface area contributed by atoms with Crippen LogP contribution in [0.15, 0.2) is 29.9 Å². The van der Waals surface area contributed by atoms with Gasteiger partial charge in [-0.25, -0.2) is 0 Å². The molecule has 2 atom stereocenters. The molecule has 6 nitrogen and oxygen atoms in total. The van der Waals surface area contributed by atoms with E-state index in [1.54, 1.807) is 29.5 Å². The molecule has 0 spiro atoms. The van der Waals surface area contributed by atoms with E-state index in [-0.39, 0.29) is 30.2 Å². The SMILES string of the molecule is CN1C(=O)C[C@@H](C(=O)Nc2cnn(CC3CC3)c2)[C@@H]1c1cccs1. The summed E-state index contributed by atoms with van der Waals surface area (Å²) < 4.78 is 1.88. The Morgan fingerprint density at radius 1 is 1.46 bits per heavy atom. The molecule has 1 aliphatic heterocycles. The van der Waals surface area contributed by atoms with Crippen molar-refractivity contribution in [1.82, 2.24) is 14.7 Å². The molecule has 1 saturated heterocycles. The number of carbonyl (C=O) groups excluding carboxylic acids is 2. The lowest BCUT2D eigenvalue weighted by Gasteiger charge is -2.23. The summed E-state index contributed by atoms with van der Waals surface area (Å²) in [5, 5.41) is 9.21. The summed E-state index contributed by atoms with van der Waals surface area (Å²) in [6.45, 7) is 0.915. The normalized spacial score (nSPS) is 23.7. The number of nitrogens with zero attached hydrogens (tertiary/aromatic N) is 3. The van der Waals surface area contributed by atoms with Crippen molar-refractivity contribution in [3.63, 3.8) is 0 Å². The lowest BCUT2D eigenvalue weighted by molar-refractivity contribution is -0.127. The van der Waals surface area contributed by atoms with Gasteiger partial charge in [-0.3, -0.25) is 14.3 Å². The van der Waals surface area contributed by atoms with Crippen LogP contribution in [0.25, 0.3) is 0 Å². The number of hydrogen-bond donors (Lipinski definition) is 1. The first-order chi connectivity index (χ1) is 11.6. The maximum atomic E-state index is 12.7. The van der Waals surface area contributed by atoms with Crippen molar-refractivity contribution < 1.29 is 9.59 Å². The fraction of sp³-hybridized carbons (Fsp3) is 0.471. The van der Waals surface area contributed by atoms with Gasteiger partial charge >= 0.3 is 0 Å². The lowest BCUT2D eigenvalue weighted by Crippen LogP contribution is -2.29. The van der Waals surface area contributed by atoms with Crippen molar-refractivity contribution in [2.24, 2.45) is 11.8 Å². The summed E-state index contributed by atoms with van der Waals surface area (Å²) in [5.41, 5.74) is 0.701. The summed E-state index contributed by atoms with van der Waals surface area (Å²) in [7, 11) is 1.77. The standard InChI is InChI=1S/C17H20N4O2S/c1-20-15(22)7-13(16(20)14-3-2-6-24-14)17(23)19-12-8-18-21(10-12)9-11-4-5-11/h2-3,6,8,10-11,13,16H,4-5,7,9H2,1H3,(H,19,23)/t13-,16-/m1/s1. The molecule has 2 aromatic rings. The lowest BCUT2D eigenvalue weighted by atomic mass is 9.98. The van der Waals surface area contributed by atoms with Crippen LogP contribution in [0, 0.1) is 11.8 Å². The number of likely N-dealkylation sites (tertiary alicyclic amines) is 1. The largest absolute Gasteiger partial charge is 0.337 e. The molecule has 2 fully saturated rings. The van der Waals surface area contributed by atoms with Crippen LogP contribution in [0.5, 0.6) is 0 Å². The molecule has 4 rings (SSSR count). The summed E-state index contributed by atoms with van der Waals surface area (Å²) in [4.78, 5) is 27.6. The highest BCUT2D eigenvalue weighted by Crippen LogP contribution is 2.39. The average Bonchev–Trinajstić information content (AvgIpc) is 2.95. The number of aromatic nitrogens is 2. The van der Waals surface area contributed by atoms with Crippen molar-refractivity contribution in [3.8, 4) is 0 Å². The predicted octanol–water partition coefficient (Wildman–Crippen LogP) is 2.51. The zero-order valence-corrected chi connectivity index (χ0v) is 14.3. The van der Waals surface area contributed by atoms with Crippen LogP contribution in [0.1, 0.15) is 30.2 Å². The number of hydrogen-bond acceptors (Lipinski definition) is 4. The molecule has 2 aliphatic rings. The fourth-order valence-corrected chi connectivity index (χ4v) is 4.21. The summed E-state index contributed by atoms with van der Waals surface area (Å²) in [6.07, 6.45) is 6.33. The van der Waals surface area contributed by atoms with E-state index in [1.807, 2.05) is 28.4 Å². The van der Waals surface area contributed by atoms with Gasteiger partial charge in [0.25, 0.3) is 0 Å². The Hall–Kier alpha value is -2.15. The van der Waals surface area contributed by atoms with E-state index in [4.69, 9.17) is 0 Å². The third-order valence-electron chi connectivity index (χ3n) is 4.80. The number of nitrogens with one attached hydrogen (secondary N) is 1. The Bertz CT molecular complexity index is 750. The van der Waals surface area contributed by atoms with Crippen molar-refractivity contribution in [3.05, 3.63) is 34.8 Å². The molecule has 2 amide bonds. The first-order valence-corrected chi connectivity index (χ1v) is 9.12. The molecule has 3 heterocycles. The van der Waals surface area contributed by atoms with Gasteiger partial charge in [-0.2, -0.15) is 5.10 Å². The van der Waals surface area contributed by atoms with Gasteiger partial charge in [0.05, 0.1) is 23.8 Å². The first kappa shape index (κ1) is 15.4. The fourth-order valence-electron chi connectivity index (χ4n) is 3.28. The van der Waals surface area contributed by atoms with E-state index in [1.165, 1.54) is 12.8 Å². The van der Waals surface area contributed by atoms with Crippen LogP contribution in [-0.4, -0.2) is 33.5 Å². The molecular weight excluding hydrogens is 324 g/mol. The van der Waals surface area contributed by atoms with Gasteiger partial charge in [0.15, 0.2) is 0 Å². The molecule has 7 heteroatoms. The Balaban J connectivity index is 1.48. The van der Waals surface area contributed by atoms with Crippen LogP contribution in [0.3, 0.4) is 0 Å². The molecule has 1 N–H and O–H groups in total. The van der Waals surface area contributed by atoms with Gasteiger partial charge in [-0.1, -0.05) is 6.07 Å². The van der Waals surface area contributed by atoms with Gasteiger partial charge in [0.2, 0.25) is 11.8 Å². The molecule has 0 aromatic carbocycles. The highest BCUT2D eigenvalue weighted by atomic mass is 32.1. The molecular formula is C17H20N4O2S. The van der Waals surface area contributed by atoms with Crippen LogP contribution in [0.2, 0.25) is 0 Å². The maximum absolute atomic E-state index is 12.7. The Kier molecular flexibility index (Phi) is 3.88. The quantitative estimate of drug-likeness (QED) is 0.906. The van der Waals surface area contributed by atoms with Gasteiger partial charge < -0.3 is 10.2 Å². The van der Waals surface area contributed by atoms with Crippen molar-refractivity contribution in [2.45, 2.75) is 31.8 Å². The second-order valence-electron chi connectivity index (χ2n) is 6.66. The molecule has 0 bridgehead atoms. The Morgan fingerprint density at radius 3 is 3.00 bits per heavy atom. The zero-order valence-electron chi connectivity index (χ0n) is 13.5. The van der Waals surface area contributed by atoms with E-state index < -0.39 is 0 Å². The third kappa shape index (κ3) is 2.96. The maximum Gasteiger partial charge on any atom is 0.230 e. The number of carbonyl (C=O) groups is 2. The summed E-state index contributed by atoms with van der Waals surface area (Å²) >= 11 is 1.58. The minimum Gasteiger partial charge on any atom is -0.337 e. The molecule has 24 heavy (non-hydrogen) atoms. The molecule has 1 aliphatic carbocycles. The number of rotatable bonds is 5. The van der Waals surface area contributed by atoms with Crippen LogP contribution in [0.4, 0.5) is 5.69 Å². The summed E-state index contributed by atoms with van der Waals surface area (Å²) in [5.74, 6) is 0.265. The monoisotopic (exact) mass is 344 g/mol. The highest BCUT2D eigenvalue weighted by Gasteiger charge is 2.43. The molecule has 0 radical (unpaired) electrons. The Morgan fingerprint density at radius 2 is 2.29 bits per heavy atom. The highest BCUT2D eigenvalue weighted by molar-refractivity contribution is 7.10. The second-order valence-corrected chi connectivity index (χ2v) is 7.64. The molecule has 126 valence electrons. The van der Waals surface area contributed by atoms with E-state index in [0.29, 0.717) is 5.69 Å². The van der Waals surface area contributed by atoms with Crippen LogP contribution < -0.4 is 5.32 Å². The van der Waals surface area contributed by atoms with Gasteiger partial charge in [0.1, 0.15) is 0 Å².